The van der Waals surface area contributed by atoms with Crippen LogP contribution in [0.4, 0.5) is 5.69 Å². The summed E-state index contributed by atoms with van der Waals surface area (Å²) in [7, 11) is 1.61. The normalized spacial score (nSPS) is 10.9. The molecule has 0 aliphatic rings. The molecule has 5 nitrogen and oxygen atoms in total. The summed E-state index contributed by atoms with van der Waals surface area (Å²) in [5.74, 6) is 0.551. The van der Waals surface area contributed by atoms with E-state index in [0.717, 1.165) is 17.0 Å². The average Bonchev–Trinajstić information content (AvgIpc) is 2.58. The Balaban J connectivity index is 1.88. The van der Waals surface area contributed by atoms with Crippen LogP contribution in [0, 0.1) is 0 Å². The Morgan fingerprint density at radius 2 is 1.91 bits per heavy atom. The second-order valence-electron chi connectivity index (χ2n) is 4.68. The molecule has 0 bridgehead atoms. The van der Waals surface area contributed by atoms with Gasteiger partial charge in [-0.3, -0.25) is 4.79 Å². The van der Waals surface area contributed by atoms with E-state index in [0.29, 0.717) is 5.71 Å². The third kappa shape index (κ3) is 4.63. The Labute approximate surface area is 130 Å². The van der Waals surface area contributed by atoms with Crippen molar-refractivity contribution >= 4 is 17.3 Å². The molecule has 0 atom stereocenters. The number of anilines is 1. The number of ether oxygens (including phenoxy) is 1. The smallest absolute Gasteiger partial charge is 0.259 e. The van der Waals surface area contributed by atoms with E-state index >= 15 is 0 Å². The largest absolute Gasteiger partial charge is 0.497 e. The standard InChI is InChI=1S/C17H19N3O2/c1-13(14-7-6-10-16(11-14)22-2)19-20-17(21)12-18-15-8-4-3-5-9-15/h3-11,18H,12H2,1-2H3,(H,20,21)/b19-13+. The van der Waals surface area contributed by atoms with Gasteiger partial charge in [0, 0.05) is 11.3 Å². The third-order valence-electron chi connectivity index (χ3n) is 3.06. The summed E-state index contributed by atoms with van der Waals surface area (Å²) >= 11 is 0. The fraction of sp³-hybridized carbons (Fsp3) is 0.176. The van der Waals surface area contributed by atoms with Crippen LogP contribution >= 0.6 is 0 Å². The molecule has 22 heavy (non-hydrogen) atoms. The number of hydrazone groups is 1. The minimum atomic E-state index is -0.203. The van der Waals surface area contributed by atoms with Gasteiger partial charge in [0.2, 0.25) is 0 Å². The third-order valence-corrected chi connectivity index (χ3v) is 3.06. The number of amides is 1. The van der Waals surface area contributed by atoms with Gasteiger partial charge in [-0.05, 0) is 31.2 Å². The SMILES string of the molecule is COc1cccc(/C(C)=N/NC(=O)CNc2ccccc2)c1. The molecule has 2 aromatic rings. The van der Waals surface area contributed by atoms with E-state index < -0.39 is 0 Å². The van der Waals surface area contributed by atoms with Crippen LogP contribution in [0.5, 0.6) is 5.75 Å². The second-order valence-corrected chi connectivity index (χ2v) is 4.68. The number of hydrogen-bond acceptors (Lipinski definition) is 4. The summed E-state index contributed by atoms with van der Waals surface area (Å²) < 4.78 is 5.17. The Kier molecular flexibility index (Phi) is 5.54. The molecule has 0 spiro atoms. The van der Waals surface area contributed by atoms with Gasteiger partial charge in [-0.1, -0.05) is 30.3 Å². The predicted molar refractivity (Wildman–Crippen MR) is 88.3 cm³/mol. The Hall–Kier alpha value is -2.82. The van der Waals surface area contributed by atoms with Gasteiger partial charge in [0.1, 0.15) is 5.75 Å². The lowest BCUT2D eigenvalue weighted by molar-refractivity contribution is -0.119. The molecule has 0 saturated carbocycles. The number of nitrogens with zero attached hydrogens (tertiary/aromatic N) is 1. The molecule has 0 radical (unpaired) electrons. The lowest BCUT2D eigenvalue weighted by atomic mass is 10.1. The minimum absolute atomic E-state index is 0.166. The van der Waals surface area contributed by atoms with Crippen LogP contribution in [0.25, 0.3) is 0 Å². The van der Waals surface area contributed by atoms with Crippen LogP contribution in [0.15, 0.2) is 59.7 Å². The quantitative estimate of drug-likeness (QED) is 0.636. The molecule has 0 aliphatic carbocycles. The number of carbonyl (C=O) groups excluding carboxylic acids is 1. The fourth-order valence-electron chi connectivity index (χ4n) is 1.84. The molecular formula is C17H19N3O2. The first-order valence-electron chi connectivity index (χ1n) is 6.95. The maximum atomic E-state index is 11.8. The van der Waals surface area contributed by atoms with Crippen LogP contribution in [-0.2, 0) is 4.79 Å². The molecule has 0 fully saturated rings. The first kappa shape index (κ1) is 15.6. The van der Waals surface area contributed by atoms with Gasteiger partial charge in [0.25, 0.3) is 5.91 Å². The van der Waals surface area contributed by atoms with Gasteiger partial charge >= 0.3 is 0 Å². The monoisotopic (exact) mass is 297 g/mol. The van der Waals surface area contributed by atoms with Gasteiger partial charge in [0.15, 0.2) is 0 Å². The molecule has 1 amide bonds. The van der Waals surface area contributed by atoms with Crippen LogP contribution in [-0.4, -0.2) is 25.3 Å². The van der Waals surface area contributed by atoms with Crippen molar-refractivity contribution in [1.82, 2.24) is 5.43 Å². The van der Waals surface area contributed by atoms with Crippen molar-refractivity contribution in [3.8, 4) is 5.75 Å². The number of nitrogens with one attached hydrogen (secondary N) is 2. The summed E-state index contributed by atoms with van der Waals surface area (Å²) in [6.07, 6.45) is 0. The zero-order valence-electron chi connectivity index (χ0n) is 12.7. The van der Waals surface area contributed by atoms with E-state index in [4.69, 9.17) is 4.74 Å². The number of benzene rings is 2. The molecule has 2 N–H and O–H groups in total. The first-order chi connectivity index (χ1) is 10.7. The zero-order valence-corrected chi connectivity index (χ0v) is 12.7. The molecule has 0 heterocycles. The van der Waals surface area contributed by atoms with E-state index in [1.165, 1.54) is 0 Å². The van der Waals surface area contributed by atoms with Crippen LogP contribution in [0.3, 0.4) is 0 Å². The molecular weight excluding hydrogens is 278 g/mol. The highest BCUT2D eigenvalue weighted by Crippen LogP contribution is 2.13. The van der Waals surface area contributed by atoms with E-state index in [2.05, 4.69) is 15.8 Å². The number of hydrogen-bond donors (Lipinski definition) is 2. The first-order valence-corrected chi connectivity index (χ1v) is 6.95. The highest BCUT2D eigenvalue weighted by atomic mass is 16.5. The van der Waals surface area contributed by atoms with Gasteiger partial charge < -0.3 is 10.1 Å². The van der Waals surface area contributed by atoms with Crippen molar-refractivity contribution in [3.63, 3.8) is 0 Å². The van der Waals surface area contributed by atoms with Gasteiger partial charge in [-0.25, -0.2) is 5.43 Å². The van der Waals surface area contributed by atoms with Crippen molar-refractivity contribution in [3.05, 3.63) is 60.2 Å². The van der Waals surface area contributed by atoms with Crippen LogP contribution in [0.1, 0.15) is 12.5 Å². The Morgan fingerprint density at radius 3 is 2.64 bits per heavy atom. The second kappa shape index (κ2) is 7.83. The number of carbonyl (C=O) groups is 1. The molecule has 0 aliphatic heterocycles. The van der Waals surface area contributed by atoms with E-state index in [9.17, 15) is 4.79 Å². The number of methoxy groups -OCH3 is 1. The summed E-state index contributed by atoms with van der Waals surface area (Å²) in [5, 5.41) is 7.13. The van der Waals surface area contributed by atoms with E-state index in [1.807, 2.05) is 61.5 Å². The van der Waals surface area contributed by atoms with Crippen molar-refractivity contribution in [1.29, 1.82) is 0 Å². The predicted octanol–water partition coefficient (Wildman–Crippen LogP) is 2.65. The summed E-state index contributed by atoms with van der Waals surface area (Å²) in [6.45, 7) is 2.00. The highest BCUT2D eigenvalue weighted by molar-refractivity contribution is 5.99. The molecule has 0 saturated heterocycles. The van der Waals surface area contributed by atoms with Crippen molar-refractivity contribution in [2.45, 2.75) is 6.92 Å². The lowest BCUT2D eigenvalue weighted by Crippen LogP contribution is -2.26. The summed E-state index contributed by atoms with van der Waals surface area (Å²) in [5.41, 5.74) is 5.04. The van der Waals surface area contributed by atoms with Crippen molar-refractivity contribution in [2.24, 2.45) is 5.10 Å². The fourth-order valence-corrected chi connectivity index (χ4v) is 1.84. The Bertz CT molecular complexity index is 654. The van der Waals surface area contributed by atoms with Crippen molar-refractivity contribution in [2.75, 3.05) is 19.0 Å². The van der Waals surface area contributed by atoms with Crippen LogP contribution in [0.2, 0.25) is 0 Å². The minimum Gasteiger partial charge on any atom is -0.497 e. The molecule has 2 aromatic carbocycles. The summed E-state index contributed by atoms with van der Waals surface area (Å²) in [6, 6.07) is 17.1. The topological polar surface area (TPSA) is 62.7 Å². The molecule has 5 heteroatoms. The summed E-state index contributed by atoms with van der Waals surface area (Å²) in [4.78, 5) is 11.8. The highest BCUT2D eigenvalue weighted by Gasteiger charge is 2.02. The van der Waals surface area contributed by atoms with Gasteiger partial charge in [-0.2, -0.15) is 5.10 Å². The lowest BCUT2D eigenvalue weighted by Gasteiger charge is -2.06. The van der Waals surface area contributed by atoms with Crippen LogP contribution < -0.4 is 15.5 Å². The number of rotatable bonds is 6. The van der Waals surface area contributed by atoms with E-state index in [1.54, 1.807) is 7.11 Å². The van der Waals surface area contributed by atoms with Gasteiger partial charge in [0.05, 0.1) is 19.4 Å². The maximum absolute atomic E-state index is 11.8. The average molecular weight is 297 g/mol. The van der Waals surface area contributed by atoms with E-state index in [-0.39, 0.29) is 12.5 Å². The molecule has 0 aromatic heterocycles. The molecule has 114 valence electrons. The van der Waals surface area contributed by atoms with Crippen molar-refractivity contribution < 1.29 is 9.53 Å². The van der Waals surface area contributed by atoms with Gasteiger partial charge in [-0.15, -0.1) is 0 Å². The molecule has 0 unspecified atom stereocenters. The molecule has 2 rings (SSSR count). The Morgan fingerprint density at radius 1 is 1.14 bits per heavy atom. The maximum Gasteiger partial charge on any atom is 0.259 e. The zero-order chi connectivity index (χ0) is 15.8. The number of para-hydroxylation sites is 1.